The van der Waals surface area contributed by atoms with Crippen molar-refractivity contribution in [3.05, 3.63) is 48.0 Å². The Hall–Kier alpha value is -3.60. The summed E-state index contributed by atoms with van der Waals surface area (Å²) in [7, 11) is 1.30. The number of anilines is 1. The highest BCUT2D eigenvalue weighted by molar-refractivity contribution is 7.00. The quantitative estimate of drug-likeness (QED) is 0.427. The second-order valence-electron chi connectivity index (χ2n) is 5.72. The standard InChI is InChI=1S/C19H15F2N3O5S/c1-27-15-9-11(5-7-14(15)29-19(20)21)6-8-17(26)28-10-16(25)22-12-3-2-4-13-18(12)24-30-23-13/h2-9,19H,10H2,1H3,(H,22,25)/b8-6+. The van der Waals surface area contributed by atoms with Gasteiger partial charge in [-0.2, -0.15) is 17.5 Å². The van der Waals surface area contributed by atoms with Gasteiger partial charge in [0.15, 0.2) is 18.1 Å². The van der Waals surface area contributed by atoms with E-state index in [1.54, 1.807) is 18.2 Å². The molecule has 1 aromatic heterocycles. The van der Waals surface area contributed by atoms with Crippen LogP contribution in [0.5, 0.6) is 11.5 Å². The van der Waals surface area contributed by atoms with Gasteiger partial charge in [0.05, 0.1) is 24.5 Å². The summed E-state index contributed by atoms with van der Waals surface area (Å²) in [6, 6.07) is 9.31. The van der Waals surface area contributed by atoms with Crippen molar-refractivity contribution in [2.75, 3.05) is 19.0 Å². The predicted molar refractivity (Wildman–Crippen MR) is 106 cm³/mol. The Bertz CT molecular complexity index is 1090. The number of aromatic nitrogens is 2. The third kappa shape index (κ3) is 5.47. The molecule has 0 saturated carbocycles. The maximum atomic E-state index is 12.3. The number of halogens is 2. The van der Waals surface area contributed by atoms with Crippen LogP contribution in [-0.2, 0) is 14.3 Å². The number of ether oxygens (including phenoxy) is 3. The van der Waals surface area contributed by atoms with Gasteiger partial charge in [-0.05, 0) is 35.9 Å². The minimum Gasteiger partial charge on any atom is -0.493 e. The number of hydrogen-bond donors (Lipinski definition) is 1. The smallest absolute Gasteiger partial charge is 0.387 e. The number of esters is 1. The fourth-order valence-electron chi connectivity index (χ4n) is 2.42. The summed E-state index contributed by atoms with van der Waals surface area (Å²) in [5, 5.41) is 2.61. The molecule has 0 saturated heterocycles. The Balaban J connectivity index is 1.54. The average molecular weight is 435 g/mol. The van der Waals surface area contributed by atoms with E-state index in [-0.39, 0.29) is 11.5 Å². The number of rotatable bonds is 8. The lowest BCUT2D eigenvalue weighted by Gasteiger charge is -2.10. The molecule has 1 amide bonds. The molecule has 0 spiro atoms. The third-order valence-corrected chi connectivity index (χ3v) is 4.26. The molecule has 156 valence electrons. The molecule has 0 unspecified atom stereocenters. The van der Waals surface area contributed by atoms with Crippen molar-refractivity contribution in [1.82, 2.24) is 8.75 Å². The molecule has 0 aliphatic rings. The number of hydrogen-bond acceptors (Lipinski definition) is 8. The van der Waals surface area contributed by atoms with E-state index in [0.29, 0.717) is 22.3 Å². The summed E-state index contributed by atoms with van der Waals surface area (Å²) in [6.45, 7) is -3.48. The molecule has 0 aliphatic carbocycles. The van der Waals surface area contributed by atoms with Gasteiger partial charge < -0.3 is 19.5 Å². The van der Waals surface area contributed by atoms with E-state index in [9.17, 15) is 18.4 Å². The number of alkyl halides is 2. The Morgan fingerprint density at radius 1 is 1.20 bits per heavy atom. The molecular weight excluding hydrogens is 420 g/mol. The van der Waals surface area contributed by atoms with Crippen molar-refractivity contribution in [1.29, 1.82) is 0 Å². The van der Waals surface area contributed by atoms with Gasteiger partial charge in [0.1, 0.15) is 11.0 Å². The van der Waals surface area contributed by atoms with Gasteiger partial charge in [0.2, 0.25) is 0 Å². The number of carbonyl (C=O) groups is 2. The van der Waals surface area contributed by atoms with E-state index in [1.165, 1.54) is 31.4 Å². The highest BCUT2D eigenvalue weighted by Crippen LogP contribution is 2.29. The third-order valence-electron chi connectivity index (χ3n) is 3.72. The van der Waals surface area contributed by atoms with Crippen LogP contribution in [0.25, 0.3) is 17.1 Å². The molecule has 1 N–H and O–H groups in total. The topological polar surface area (TPSA) is 99.6 Å². The van der Waals surface area contributed by atoms with E-state index in [2.05, 4.69) is 18.8 Å². The minimum absolute atomic E-state index is 0.0795. The Morgan fingerprint density at radius 2 is 2.03 bits per heavy atom. The lowest BCUT2D eigenvalue weighted by molar-refractivity contribution is -0.142. The van der Waals surface area contributed by atoms with Crippen molar-refractivity contribution in [3.63, 3.8) is 0 Å². The molecule has 3 aromatic rings. The molecule has 0 bridgehead atoms. The zero-order valence-electron chi connectivity index (χ0n) is 15.5. The first-order valence-electron chi connectivity index (χ1n) is 8.45. The van der Waals surface area contributed by atoms with Gasteiger partial charge in [-0.3, -0.25) is 4.79 Å². The van der Waals surface area contributed by atoms with Crippen LogP contribution in [0.1, 0.15) is 5.56 Å². The van der Waals surface area contributed by atoms with Gasteiger partial charge in [-0.15, -0.1) is 0 Å². The zero-order chi connectivity index (χ0) is 21.5. The SMILES string of the molecule is COc1cc(/C=C/C(=O)OCC(=O)Nc2cccc3nsnc23)ccc1OC(F)F. The molecule has 1 heterocycles. The maximum Gasteiger partial charge on any atom is 0.387 e. The van der Waals surface area contributed by atoms with Crippen LogP contribution in [0.4, 0.5) is 14.5 Å². The van der Waals surface area contributed by atoms with E-state index >= 15 is 0 Å². The molecular formula is C19H15F2N3O5S. The number of benzene rings is 2. The first-order valence-corrected chi connectivity index (χ1v) is 9.18. The van der Waals surface area contributed by atoms with Crippen LogP contribution in [0.15, 0.2) is 42.5 Å². The van der Waals surface area contributed by atoms with Crippen LogP contribution < -0.4 is 14.8 Å². The number of methoxy groups -OCH3 is 1. The largest absolute Gasteiger partial charge is 0.493 e. The van der Waals surface area contributed by atoms with E-state index in [1.807, 2.05) is 0 Å². The Labute approximate surface area is 173 Å². The van der Waals surface area contributed by atoms with Crippen LogP contribution in [0, 0.1) is 0 Å². The highest BCUT2D eigenvalue weighted by Gasteiger charge is 2.12. The summed E-state index contributed by atoms with van der Waals surface area (Å²) in [5.74, 6) is -1.34. The van der Waals surface area contributed by atoms with Crippen molar-refractivity contribution in [3.8, 4) is 11.5 Å². The molecule has 11 heteroatoms. The van der Waals surface area contributed by atoms with Crippen molar-refractivity contribution in [2.24, 2.45) is 0 Å². The molecule has 3 rings (SSSR count). The normalized spacial score (nSPS) is 11.1. The molecule has 0 atom stereocenters. The van der Waals surface area contributed by atoms with Gasteiger partial charge in [0.25, 0.3) is 5.91 Å². The molecule has 0 radical (unpaired) electrons. The van der Waals surface area contributed by atoms with Crippen LogP contribution in [0.2, 0.25) is 0 Å². The first kappa shape index (κ1) is 21.1. The van der Waals surface area contributed by atoms with Crippen LogP contribution in [0.3, 0.4) is 0 Å². The fourth-order valence-corrected chi connectivity index (χ4v) is 2.97. The molecule has 0 fully saturated rings. The zero-order valence-corrected chi connectivity index (χ0v) is 16.3. The number of nitrogens with one attached hydrogen (secondary N) is 1. The van der Waals surface area contributed by atoms with Gasteiger partial charge in [0, 0.05) is 6.08 Å². The van der Waals surface area contributed by atoms with E-state index < -0.39 is 25.1 Å². The molecule has 30 heavy (non-hydrogen) atoms. The van der Waals surface area contributed by atoms with Crippen LogP contribution >= 0.6 is 11.7 Å². The van der Waals surface area contributed by atoms with Crippen molar-refractivity contribution < 1.29 is 32.6 Å². The first-order chi connectivity index (χ1) is 14.5. The summed E-state index contributed by atoms with van der Waals surface area (Å²) < 4.78 is 47.1. The van der Waals surface area contributed by atoms with Crippen molar-refractivity contribution in [2.45, 2.75) is 6.61 Å². The summed E-state index contributed by atoms with van der Waals surface area (Å²) in [6.07, 6.45) is 2.48. The van der Waals surface area contributed by atoms with Gasteiger partial charge in [-0.1, -0.05) is 12.1 Å². The van der Waals surface area contributed by atoms with Gasteiger partial charge >= 0.3 is 12.6 Å². The molecule has 0 aliphatic heterocycles. The average Bonchev–Trinajstić information content (AvgIpc) is 3.21. The van der Waals surface area contributed by atoms with E-state index in [4.69, 9.17) is 9.47 Å². The van der Waals surface area contributed by atoms with E-state index in [0.717, 1.165) is 17.8 Å². The maximum absolute atomic E-state index is 12.3. The summed E-state index contributed by atoms with van der Waals surface area (Å²) >= 11 is 1.02. The highest BCUT2D eigenvalue weighted by atomic mass is 32.1. The number of carbonyl (C=O) groups excluding carboxylic acids is 2. The summed E-state index contributed by atoms with van der Waals surface area (Å²) in [5.41, 5.74) is 2.15. The minimum atomic E-state index is -2.99. The number of amides is 1. The lowest BCUT2D eigenvalue weighted by atomic mass is 10.2. The summed E-state index contributed by atoms with van der Waals surface area (Å²) in [4.78, 5) is 23.9. The van der Waals surface area contributed by atoms with Gasteiger partial charge in [-0.25, -0.2) is 4.79 Å². The number of fused-ring (bicyclic) bond motifs is 1. The van der Waals surface area contributed by atoms with Crippen molar-refractivity contribution >= 4 is 46.4 Å². The fraction of sp³-hybridized carbons (Fsp3) is 0.158. The molecule has 2 aromatic carbocycles. The predicted octanol–water partition coefficient (Wildman–Crippen LogP) is 3.50. The monoisotopic (exact) mass is 435 g/mol. The molecule has 8 nitrogen and oxygen atoms in total. The lowest BCUT2D eigenvalue weighted by Crippen LogP contribution is -2.20. The number of nitrogens with zero attached hydrogens (tertiary/aromatic N) is 2. The Morgan fingerprint density at radius 3 is 2.80 bits per heavy atom. The second kappa shape index (κ2) is 9.74. The Kier molecular flexibility index (Phi) is 6.86. The second-order valence-corrected chi connectivity index (χ2v) is 6.24. The van der Waals surface area contributed by atoms with Crippen LogP contribution in [-0.4, -0.2) is 41.0 Å².